The maximum absolute atomic E-state index is 12.1. The average molecular weight is 352 g/mol. The summed E-state index contributed by atoms with van der Waals surface area (Å²) in [7, 11) is 0. The first-order chi connectivity index (χ1) is 12.7. The van der Waals surface area contributed by atoms with Gasteiger partial charge in [-0.25, -0.2) is 0 Å². The summed E-state index contributed by atoms with van der Waals surface area (Å²) in [4.78, 5) is 12.1. The monoisotopic (exact) mass is 352 g/mol. The lowest BCUT2D eigenvalue weighted by Crippen LogP contribution is -2.48. The van der Waals surface area contributed by atoms with E-state index in [9.17, 15) is 4.79 Å². The Morgan fingerprint density at radius 2 is 2.12 bits per heavy atom. The molecule has 2 aromatic rings. The lowest BCUT2D eigenvalue weighted by Gasteiger charge is -2.40. The summed E-state index contributed by atoms with van der Waals surface area (Å²) >= 11 is 0. The largest absolute Gasteiger partial charge is 0.489 e. The van der Waals surface area contributed by atoms with Gasteiger partial charge in [-0.15, -0.1) is 0 Å². The Balaban J connectivity index is 1.60. The number of benzene rings is 2. The van der Waals surface area contributed by atoms with Crippen LogP contribution in [0.4, 0.5) is 0 Å². The fourth-order valence-electron chi connectivity index (χ4n) is 5.51. The number of hydrogen-bond donors (Lipinski definition) is 0. The molecule has 0 amide bonds. The van der Waals surface area contributed by atoms with Crippen molar-refractivity contribution in [3.8, 4) is 5.75 Å². The van der Waals surface area contributed by atoms with Crippen molar-refractivity contribution in [2.75, 3.05) is 13.2 Å². The highest BCUT2D eigenvalue weighted by atomic mass is 16.5. The number of rotatable bonds is 3. The third-order valence-corrected chi connectivity index (χ3v) is 6.50. The number of esters is 1. The van der Waals surface area contributed by atoms with Crippen molar-refractivity contribution in [2.24, 2.45) is 5.92 Å². The minimum Gasteiger partial charge on any atom is -0.489 e. The molecule has 136 valence electrons. The second-order valence-electron chi connectivity index (χ2n) is 7.70. The van der Waals surface area contributed by atoms with Crippen LogP contribution in [0, 0.1) is 5.92 Å². The molecule has 1 spiro atoms. The van der Waals surface area contributed by atoms with Gasteiger partial charge in [0.2, 0.25) is 0 Å². The predicted octanol–water partition coefficient (Wildman–Crippen LogP) is 3.99. The molecule has 5 rings (SSSR count). The Hall–Kier alpha value is -2.07. The Morgan fingerprint density at radius 1 is 1.23 bits per heavy atom. The van der Waals surface area contributed by atoms with Crippen molar-refractivity contribution in [3.63, 3.8) is 0 Å². The molecule has 1 saturated heterocycles. The maximum Gasteiger partial charge on any atom is 0.308 e. The van der Waals surface area contributed by atoms with Crippen LogP contribution in [-0.2, 0) is 19.7 Å². The third kappa shape index (κ3) is 2.14. The maximum atomic E-state index is 12.1. The molecule has 0 radical (unpaired) electrons. The second kappa shape index (κ2) is 5.98. The van der Waals surface area contributed by atoms with Crippen LogP contribution in [0.5, 0.6) is 5.75 Å². The van der Waals surface area contributed by atoms with Gasteiger partial charge >= 0.3 is 5.97 Å². The first kappa shape index (κ1) is 16.1. The molecule has 2 aromatic carbocycles. The predicted molar refractivity (Wildman–Crippen MR) is 98.4 cm³/mol. The summed E-state index contributed by atoms with van der Waals surface area (Å²) < 4.78 is 17.9. The normalized spacial score (nSPS) is 31.8. The molecule has 4 nitrogen and oxygen atoms in total. The molecule has 0 aromatic heterocycles. The van der Waals surface area contributed by atoms with Crippen molar-refractivity contribution < 1.29 is 19.0 Å². The van der Waals surface area contributed by atoms with E-state index in [2.05, 4.69) is 36.4 Å². The number of ether oxygens (including phenoxy) is 3. The first-order valence-corrected chi connectivity index (χ1v) is 9.70. The van der Waals surface area contributed by atoms with Crippen molar-refractivity contribution in [1.82, 2.24) is 0 Å². The fraction of sp³-hybridized carbons (Fsp3) is 0.500. The summed E-state index contributed by atoms with van der Waals surface area (Å²) in [5.41, 5.74) is 1.17. The van der Waals surface area contributed by atoms with E-state index in [0.29, 0.717) is 25.6 Å². The third-order valence-electron chi connectivity index (χ3n) is 6.50. The lowest BCUT2D eigenvalue weighted by atomic mass is 9.61. The van der Waals surface area contributed by atoms with Crippen LogP contribution in [0.15, 0.2) is 36.4 Å². The van der Waals surface area contributed by atoms with Crippen LogP contribution in [0.1, 0.15) is 38.2 Å². The Morgan fingerprint density at radius 3 is 3.00 bits per heavy atom. The summed E-state index contributed by atoms with van der Waals surface area (Å²) in [6, 6.07) is 12.8. The van der Waals surface area contributed by atoms with Gasteiger partial charge in [0.15, 0.2) is 0 Å². The lowest BCUT2D eigenvalue weighted by molar-refractivity contribution is -0.146. The molecule has 2 fully saturated rings. The van der Waals surface area contributed by atoms with E-state index in [0.717, 1.165) is 25.0 Å². The first-order valence-electron chi connectivity index (χ1n) is 9.70. The quantitative estimate of drug-likeness (QED) is 0.784. The Labute approximate surface area is 153 Å². The summed E-state index contributed by atoms with van der Waals surface area (Å²) in [5, 5.41) is 2.50. The zero-order valence-corrected chi connectivity index (χ0v) is 15.1. The zero-order valence-electron chi connectivity index (χ0n) is 15.1. The zero-order chi connectivity index (χ0) is 17.7. The average Bonchev–Trinajstić information content (AvgIpc) is 3.19. The van der Waals surface area contributed by atoms with E-state index >= 15 is 0 Å². The molecule has 0 unspecified atom stereocenters. The van der Waals surface area contributed by atoms with Gasteiger partial charge in [0, 0.05) is 11.5 Å². The summed E-state index contributed by atoms with van der Waals surface area (Å²) in [5.74, 6) is 1.15. The highest BCUT2D eigenvalue weighted by molar-refractivity contribution is 5.90. The molecule has 1 saturated carbocycles. The number of carbonyl (C=O) groups is 1. The van der Waals surface area contributed by atoms with E-state index in [4.69, 9.17) is 14.2 Å². The van der Waals surface area contributed by atoms with Crippen molar-refractivity contribution in [1.29, 1.82) is 0 Å². The van der Waals surface area contributed by atoms with Gasteiger partial charge in [0.25, 0.3) is 0 Å². The number of fused-ring (bicyclic) bond motifs is 3. The Kier molecular flexibility index (Phi) is 3.71. The molecular weight excluding hydrogens is 328 g/mol. The molecule has 2 heterocycles. The number of carbonyl (C=O) groups excluding carboxylic acids is 1. The highest BCUT2D eigenvalue weighted by Crippen LogP contribution is 2.59. The van der Waals surface area contributed by atoms with Gasteiger partial charge in [-0.2, -0.15) is 0 Å². The summed E-state index contributed by atoms with van der Waals surface area (Å²) in [6.45, 7) is 2.90. The molecule has 1 aliphatic carbocycles. The van der Waals surface area contributed by atoms with Crippen LogP contribution < -0.4 is 4.74 Å². The molecule has 2 aliphatic heterocycles. The number of hydrogen-bond acceptors (Lipinski definition) is 4. The van der Waals surface area contributed by atoms with Gasteiger partial charge in [0.05, 0.1) is 31.2 Å². The van der Waals surface area contributed by atoms with Crippen LogP contribution in [0.2, 0.25) is 0 Å². The van der Waals surface area contributed by atoms with Crippen LogP contribution in [0.25, 0.3) is 10.8 Å². The molecule has 4 heteroatoms. The van der Waals surface area contributed by atoms with Gasteiger partial charge < -0.3 is 14.2 Å². The molecule has 26 heavy (non-hydrogen) atoms. The van der Waals surface area contributed by atoms with Crippen LogP contribution in [0.3, 0.4) is 0 Å². The van der Waals surface area contributed by atoms with Crippen LogP contribution in [-0.4, -0.2) is 31.4 Å². The molecule has 4 atom stereocenters. The smallest absolute Gasteiger partial charge is 0.308 e. The van der Waals surface area contributed by atoms with E-state index < -0.39 is 0 Å². The molecular formula is C22H24O4. The highest BCUT2D eigenvalue weighted by Gasteiger charge is 2.62. The van der Waals surface area contributed by atoms with Crippen molar-refractivity contribution in [2.45, 2.75) is 50.2 Å². The van der Waals surface area contributed by atoms with E-state index in [1.165, 1.54) is 16.3 Å². The van der Waals surface area contributed by atoms with E-state index in [1.807, 2.05) is 6.92 Å². The van der Waals surface area contributed by atoms with E-state index in [-0.39, 0.29) is 23.6 Å². The topological polar surface area (TPSA) is 44.8 Å². The van der Waals surface area contributed by atoms with E-state index in [1.54, 1.807) is 0 Å². The standard InChI is InChI=1S/C22H24O4/c1-2-24-20(23)12-18-16-8-5-9-19-22(16,13-25-18)21-15-7-4-3-6-14(15)10-11-17(21)26-19/h3-4,6-7,10-11,16,18-19H,2,5,8-9,12-13H2,1H3/t16-,18-,19+,22-/m1/s1. The van der Waals surface area contributed by atoms with Crippen molar-refractivity contribution >= 4 is 16.7 Å². The van der Waals surface area contributed by atoms with Crippen molar-refractivity contribution in [3.05, 3.63) is 42.0 Å². The van der Waals surface area contributed by atoms with Gasteiger partial charge in [-0.05, 0) is 43.0 Å². The molecule has 0 bridgehead atoms. The minimum absolute atomic E-state index is 0.0784. The van der Waals surface area contributed by atoms with Crippen LogP contribution >= 0.6 is 0 Å². The Bertz CT molecular complexity index is 860. The summed E-state index contributed by atoms with van der Waals surface area (Å²) in [6.07, 6.45) is 3.65. The van der Waals surface area contributed by atoms with Gasteiger partial charge in [0.1, 0.15) is 11.9 Å². The minimum atomic E-state index is -0.159. The van der Waals surface area contributed by atoms with Gasteiger partial charge in [-0.3, -0.25) is 4.79 Å². The molecule has 3 aliphatic rings. The SMILES string of the molecule is CCOC(=O)C[C@H]1OC[C@]23c4c(ccc5ccccc45)O[C@H]2CCC[C@H]13. The van der Waals surface area contributed by atoms with Gasteiger partial charge in [-0.1, -0.05) is 30.3 Å². The fourth-order valence-corrected chi connectivity index (χ4v) is 5.51. The molecule has 0 N–H and O–H groups in total. The second-order valence-corrected chi connectivity index (χ2v) is 7.70.